The molecule has 0 aliphatic carbocycles. The van der Waals surface area contributed by atoms with Crippen molar-refractivity contribution >= 4 is 11.0 Å². The highest BCUT2D eigenvalue weighted by atomic mass is 16.5. The Labute approximate surface area is 158 Å². The van der Waals surface area contributed by atoms with Gasteiger partial charge in [0, 0.05) is 38.8 Å². The summed E-state index contributed by atoms with van der Waals surface area (Å²) in [6.45, 7) is 5.89. The second kappa shape index (κ2) is 7.94. The van der Waals surface area contributed by atoms with Crippen LogP contribution >= 0.6 is 0 Å². The van der Waals surface area contributed by atoms with Gasteiger partial charge < -0.3 is 14.1 Å². The first-order chi connectivity index (χ1) is 13.2. The molecular formula is C22H24N2O3. The van der Waals surface area contributed by atoms with E-state index in [2.05, 4.69) is 16.8 Å². The average molecular weight is 364 g/mol. The predicted octanol–water partition coefficient (Wildman–Crippen LogP) is 3.09. The summed E-state index contributed by atoms with van der Waals surface area (Å²) in [5.74, 6) is 0.729. The SMILES string of the molecule is CN1CCN(CCOc2ccc3c(=O)c(-c4ccccc4)coc3c2)CC1. The van der Waals surface area contributed by atoms with E-state index in [0.29, 0.717) is 23.1 Å². The Bertz CT molecular complexity index is 960. The molecule has 0 amide bonds. The van der Waals surface area contributed by atoms with Crippen LogP contribution in [0.5, 0.6) is 5.75 Å². The summed E-state index contributed by atoms with van der Waals surface area (Å²) in [6.07, 6.45) is 1.54. The quantitative estimate of drug-likeness (QED) is 0.696. The van der Waals surface area contributed by atoms with Crippen LogP contribution in [0.4, 0.5) is 0 Å². The molecule has 0 radical (unpaired) electrons. The van der Waals surface area contributed by atoms with Gasteiger partial charge in [0.15, 0.2) is 5.43 Å². The highest BCUT2D eigenvalue weighted by Gasteiger charge is 2.14. The molecule has 4 rings (SSSR count). The summed E-state index contributed by atoms with van der Waals surface area (Å²) in [7, 11) is 2.15. The fourth-order valence-electron chi connectivity index (χ4n) is 3.38. The number of nitrogens with zero attached hydrogens (tertiary/aromatic N) is 2. The van der Waals surface area contributed by atoms with Gasteiger partial charge in [-0.2, -0.15) is 0 Å². The zero-order valence-electron chi connectivity index (χ0n) is 15.6. The molecule has 0 atom stereocenters. The Balaban J connectivity index is 1.46. The van der Waals surface area contributed by atoms with E-state index in [-0.39, 0.29) is 5.43 Å². The topological polar surface area (TPSA) is 45.9 Å². The molecule has 0 N–H and O–H groups in total. The fraction of sp³-hybridized carbons (Fsp3) is 0.318. The third-order valence-corrected chi connectivity index (χ3v) is 5.10. The second-order valence-corrected chi connectivity index (χ2v) is 7.00. The van der Waals surface area contributed by atoms with Crippen LogP contribution < -0.4 is 10.2 Å². The smallest absolute Gasteiger partial charge is 0.200 e. The summed E-state index contributed by atoms with van der Waals surface area (Å²) in [6, 6.07) is 15.0. The van der Waals surface area contributed by atoms with Crippen molar-refractivity contribution in [2.24, 2.45) is 0 Å². The fourth-order valence-corrected chi connectivity index (χ4v) is 3.38. The maximum absolute atomic E-state index is 12.8. The lowest BCUT2D eigenvalue weighted by atomic mass is 10.1. The Morgan fingerprint density at radius 3 is 2.59 bits per heavy atom. The standard InChI is InChI=1S/C22H24N2O3/c1-23-9-11-24(12-10-23)13-14-26-18-7-8-19-21(15-18)27-16-20(22(19)25)17-5-3-2-4-6-17/h2-8,15-16H,9-14H2,1H3. The number of rotatable bonds is 5. The lowest BCUT2D eigenvalue weighted by Gasteiger charge is -2.32. The lowest BCUT2D eigenvalue weighted by Crippen LogP contribution is -2.45. The summed E-state index contributed by atoms with van der Waals surface area (Å²) >= 11 is 0. The molecule has 0 bridgehead atoms. The number of fused-ring (bicyclic) bond motifs is 1. The van der Waals surface area contributed by atoms with E-state index in [9.17, 15) is 4.79 Å². The summed E-state index contributed by atoms with van der Waals surface area (Å²) < 4.78 is 11.6. The minimum absolute atomic E-state index is 0.0218. The minimum Gasteiger partial charge on any atom is -0.492 e. The van der Waals surface area contributed by atoms with Gasteiger partial charge >= 0.3 is 0 Å². The van der Waals surface area contributed by atoms with Crippen molar-refractivity contribution in [1.29, 1.82) is 0 Å². The van der Waals surface area contributed by atoms with Crippen molar-refractivity contribution in [3.8, 4) is 16.9 Å². The van der Waals surface area contributed by atoms with Crippen molar-refractivity contribution in [3.05, 3.63) is 65.0 Å². The molecule has 5 heteroatoms. The number of likely N-dealkylation sites (N-methyl/N-ethyl adjacent to an activating group) is 1. The third kappa shape index (κ3) is 4.04. The molecule has 0 saturated carbocycles. The van der Waals surface area contributed by atoms with Crippen LogP contribution in [0.1, 0.15) is 0 Å². The largest absolute Gasteiger partial charge is 0.492 e. The number of piperazine rings is 1. The molecule has 2 heterocycles. The van der Waals surface area contributed by atoms with Gasteiger partial charge in [-0.15, -0.1) is 0 Å². The molecule has 1 aromatic heterocycles. The zero-order valence-corrected chi connectivity index (χ0v) is 15.6. The molecule has 1 fully saturated rings. The van der Waals surface area contributed by atoms with E-state index >= 15 is 0 Å². The highest BCUT2D eigenvalue weighted by Crippen LogP contribution is 2.23. The Morgan fingerprint density at radius 1 is 1.04 bits per heavy atom. The number of benzene rings is 2. The van der Waals surface area contributed by atoms with Gasteiger partial charge in [0.2, 0.25) is 0 Å². The number of hydrogen-bond acceptors (Lipinski definition) is 5. The molecule has 0 spiro atoms. The summed E-state index contributed by atoms with van der Waals surface area (Å²) in [4.78, 5) is 17.5. The molecule has 0 unspecified atom stereocenters. The van der Waals surface area contributed by atoms with Gasteiger partial charge in [0.1, 0.15) is 24.2 Å². The minimum atomic E-state index is -0.0218. The summed E-state index contributed by atoms with van der Waals surface area (Å²) in [5, 5.41) is 0.572. The van der Waals surface area contributed by atoms with Crippen LogP contribution in [0.25, 0.3) is 22.1 Å². The van der Waals surface area contributed by atoms with Crippen LogP contribution in [-0.4, -0.2) is 56.2 Å². The van der Waals surface area contributed by atoms with E-state index in [0.717, 1.165) is 44.0 Å². The first kappa shape index (κ1) is 17.8. The van der Waals surface area contributed by atoms with Crippen LogP contribution in [0, 0.1) is 0 Å². The maximum atomic E-state index is 12.8. The average Bonchev–Trinajstić information content (AvgIpc) is 2.70. The molecule has 3 aromatic rings. The monoisotopic (exact) mass is 364 g/mol. The Morgan fingerprint density at radius 2 is 1.81 bits per heavy atom. The van der Waals surface area contributed by atoms with Gasteiger partial charge in [0.25, 0.3) is 0 Å². The number of ether oxygens (including phenoxy) is 1. The van der Waals surface area contributed by atoms with Gasteiger partial charge in [-0.1, -0.05) is 30.3 Å². The van der Waals surface area contributed by atoms with Crippen molar-refractivity contribution < 1.29 is 9.15 Å². The van der Waals surface area contributed by atoms with Crippen molar-refractivity contribution in [3.63, 3.8) is 0 Å². The van der Waals surface area contributed by atoms with Crippen LogP contribution in [0.15, 0.2) is 64.0 Å². The van der Waals surface area contributed by atoms with Gasteiger partial charge in [0.05, 0.1) is 10.9 Å². The van der Waals surface area contributed by atoms with Crippen molar-refractivity contribution in [1.82, 2.24) is 9.80 Å². The van der Waals surface area contributed by atoms with E-state index in [1.807, 2.05) is 36.4 Å². The maximum Gasteiger partial charge on any atom is 0.200 e. The molecule has 140 valence electrons. The number of hydrogen-bond donors (Lipinski definition) is 0. The molecule has 1 aliphatic rings. The molecule has 27 heavy (non-hydrogen) atoms. The molecule has 2 aromatic carbocycles. The van der Waals surface area contributed by atoms with E-state index < -0.39 is 0 Å². The van der Waals surface area contributed by atoms with Crippen LogP contribution in [0.2, 0.25) is 0 Å². The Hall–Kier alpha value is -2.63. The molecule has 1 aliphatic heterocycles. The Kier molecular flexibility index (Phi) is 5.23. The van der Waals surface area contributed by atoms with Gasteiger partial charge in [-0.3, -0.25) is 9.69 Å². The first-order valence-corrected chi connectivity index (χ1v) is 9.35. The van der Waals surface area contributed by atoms with E-state index in [4.69, 9.17) is 9.15 Å². The van der Waals surface area contributed by atoms with Crippen LogP contribution in [-0.2, 0) is 0 Å². The van der Waals surface area contributed by atoms with Gasteiger partial charge in [-0.05, 0) is 24.7 Å². The van der Waals surface area contributed by atoms with Crippen LogP contribution in [0.3, 0.4) is 0 Å². The summed E-state index contributed by atoms with van der Waals surface area (Å²) in [5.41, 5.74) is 1.97. The second-order valence-electron chi connectivity index (χ2n) is 7.00. The third-order valence-electron chi connectivity index (χ3n) is 5.10. The zero-order chi connectivity index (χ0) is 18.6. The predicted molar refractivity (Wildman–Crippen MR) is 107 cm³/mol. The van der Waals surface area contributed by atoms with Crippen molar-refractivity contribution in [2.45, 2.75) is 0 Å². The molecular weight excluding hydrogens is 340 g/mol. The lowest BCUT2D eigenvalue weighted by molar-refractivity contribution is 0.134. The molecule has 1 saturated heterocycles. The normalized spacial score (nSPS) is 15.9. The van der Waals surface area contributed by atoms with E-state index in [1.54, 1.807) is 12.1 Å². The van der Waals surface area contributed by atoms with Crippen molar-refractivity contribution in [2.75, 3.05) is 46.4 Å². The van der Waals surface area contributed by atoms with E-state index in [1.165, 1.54) is 6.26 Å². The van der Waals surface area contributed by atoms with Gasteiger partial charge in [-0.25, -0.2) is 0 Å². The highest BCUT2D eigenvalue weighted by molar-refractivity contribution is 5.82. The molecule has 5 nitrogen and oxygen atoms in total. The first-order valence-electron chi connectivity index (χ1n) is 9.35.